The van der Waals surface area contributed by atoms with Gasteiger partial charge in [-0.1, -0.05) is 42.0 Å². The first-order valence-corrected chi connectivity index (χ1v) is 6.69. The van der Waals surface area contributed by atoms with E-state index in [0.29, 0.717) is 0 Å². The maximum absolute atomic E-state index is 9.73. The number of carbonyl (C=O) groups is 1. The van der Waals surface area contributed by atoms with E-state index < -0.39 is 5.97 Å². The van der Waals surface area contributed by atoms with Crippen LogP contribution in [-0.2, 0) is 4.79 Å². The van der Waals surface area contributed by atoms with Crippen molar-refractivity contribution in [2.45, 2.75) is 13.8 Å². The fourth-order valence-electron chi connectivity index (χ4n) is 0.632. The molecule has 2 nitrogen and oxygen atoms in total. The third-order valence-corrected chi connectivity index (χ3v) is 1.08. The summed E-state index contributed by atoms with van der Waals surface area (Å²) in [5, 5.41) is 8.01. The first-order valence-electron chi connectivity index (χ1n) is 4.90. The van der Waals surface area contributed by atoms with Crippen LogP contribution in [0.2, 0.25) is 0 Å². The minimum Gasteiger partial charge on any atom is -0.478 e. The zero-order valence-electron chi connectivity index (χ0n) is 10.8. The highest BCUT2D eigenvalue weighted by molar-refractivity contribution is 7.79. The van der Waals surface area contributed by atoms with Crippen LogP contribution in [0.5, 0.6) is 0 Å². The summed E-state index contributed by atoms with van der Waals surface area (Å²) in [6.07, 6.45) is 4.56. The van der Waals surface area contributed by atoms with Crippen LogP contribution in [0, 0.1) is 0 Å². The summed E-state index contributed by atoms with van der Waals surface area (Å²) < 4.78 is 0. The molecule has 4 heteroatoms. The molecule has 1 aromatic carbocycles. The molecule has 0 bridgehead atoms. The van der Waals surface area contributed by atoms with Crippen LogP contribution in [0.25, 0.3) is 0 Å². The first kappa shape index (κ1) is 21.4. The topological polar surface area (TPSA) is 37.3 Å². The first-order chi connectivity index (χ1) is 8.13. The molecule has 0 heterocycles. The predicted molar refractivity (Wildman–Crippen MR) is 83.3 cm³/mol. The smallest absolute Gasteiger partial charge is 0.328 e. The summed E-state index contributed by atoms with van der Waals surface area (Å²) in [5.74, 6) is -0.875. The summed E-state index contributed by atoms with van der Waals surface area (Å²) in [7, 11) is 0. The third kappa shape index (κ3) is 31.3. The largest absolute Gasteiger partial charge is 0.478 e. The van der Waals surface area contributed by atoms with Crippen molar-refractivity contribution >= 4 is 31.2 Å². The normalized spacial score (nSPS) is 6.71. The van der Waals surface area contributed by atoms with E-state index in [-0.39, 0.29) is 0 Å². The van der Waals surface area contributed by atoms with Gasteiger partial charge in [-0.05, 0) is 26.4 Å². The summed E-state index contributed by atoms with van der Waals surface area (Å²) in [6, 6.07) is 12.0. The minimum atomic E-state index is -0.875. The molecule has 0 unspecified atom stereocenters. The van der Waals surface area contributed by atoms with Crippen molar-refractivity contribution in [1.82, 2.24) is 0 Å². The Labute approximate surface area is 116 Å². The monoisotopic (exact) mass is 274 g/mol. The van der Waals surface area contributed by atoms with E-state index in [1.807, 2.05) is 36.4 Å². The quantitative estimate of drug-likeness (QED) is 0.538. The Morgan fingerprint density at radius 2 is 1.12 bits per heavy atom. The summed E-state index contributed by atoms with van der Waals surface area (Å²) in [4.78, 5) is 9.73. The molecule has 0 aliphatic carbocycles. The van der Waals surface area contributed by atoms with Crippen molar-refractivity contribution in [3.63, 3.8) is 0 Å². The molecular formula is C13H22O2S2. The van der Waals surface area contributed by atoms with Crippen molar-refractivity contribution < 1.29 is 9.90 Å². The van der Waals surface area contributed by atoms with Gasteiger partial charge in [0, 0.05) is 6.08 Å². The number of hydrogen-bond donors (Lipinski definition) is 3. The van der Waals surface area contributed by atoms with Gasteiger partial charge in [0.05, 0.1) is 0 Å². The van der Waals surface area contributed by atoms with Crippen LogP contribution < -0.4 is 0 Å². The molecular weight excluding hydrogens is 252 g/mol. The highest BCUT2D eigenvalue weighted by atomic mass is 32.1. The molecule has 0 spiro atoms. The highest BCUT2D eigenvalue weighted by Crippen LogP contribution is 1.85. The molecule has 0 fully saturated rings. The van der Waals surface area contributed by atoms with Gasteiger partial charge in [-0.3, -0.25) is 0 Å². The number of hydrogen-bond acceptors (Lipinski definition) is 3. The number of carboxylic acids is 1. The Morgan fingerprint density at radius 3 is 1.18 bits per heavy atom. The SMILES string of the molecule is CC(C)=CC(=O)O.CS.CS.c1ccccc1. The maximum Gasteiger partial charge on any atom is 0.328 e. The Kier molecular flexibility index (Phi) is 25.9. The van der Waals surface area contributed by atoms with E-state index in [4.69, 9.17) is 5.11 Å². The number of aliphatic carboxylic acids is 1. The summed E-state index contributed by atoms with van der Waals surface area (Å²) in [5.41, 5.74) is 0.813. The maximum atomic E-state index is 9.73. The third-order valence-electron chi connectivity index (χ3n) is 1.08. The fraction of sp³-hybridized carbons (Fsp3) is 0.308. The number of carboxylic acid groups (broad SMARTS) is 1. The molecule has 0 aromatic heterocycles. The van der Waals surface area contributed by atoms with Crippen LogP contribution in [0.1, 0.15) is 13.8 Å². The van der Waals surface area contributed by atoms with E-state index in [1.165, 1.54) is 6.08 Å². The van der Waals surface area contributed by atoms with Gasteiger partial charge >= 0.3 is 5.97 Å². The average molecular weight is 274 g/mol. The molecule has 0 atom stereocenters. The van der Waals surface area contributed by atoms with Crippen molar-refractivity contribution in [1.29, 1.82) is 0 Å². The van der Waals surface area contributed by atoms with Crippen LogP contribution in [0.15, 0.2) is 48.0 Å². The predicted octanol–water partition coefficient (Wildman–Crippen LogP) is 3.82. The lowest BCUT2D eigenvalue weighted by molar-refractivity contribution is -0.131. The number of allylic oxidation sites excluding steroid dienone is 1. The highest BCUT2D eigenvalue weighted by Gasteiger charge is 1.83. The molecule has 1 aromatic rings. The van der Waals surface area contributed by atoms with E-state index in [1.54, 1.807) is 26.4 Å². The zero-order chi connectivity index (χ0) is 14.1. The van der Waals surface area contributed by atoms with Crippen molar-refractivity contribution in [2.24, 2.45) is 0 Å². The lowest BCUT2D eigenvalue weighted by Gasteiger charge is -1.79. The molecule has 0 aliphatic heterocycles. The van der Waals surface area contributed by atoms with Crippen molar-refractivity contribution in [2.75, 3.05) is 12.5 Å². The van der Waals surface area contributed by atoms with Crippen molar-refractivity contribution in [3.05, 3.63) is 48.0 Å². The Hall–Kier alpha value is -0.870. The van der Waals surface area contributed by atoms with Crippen LogP contribution in [0.3, 0.4) is 0 Å². The molecule has 98 valence electrons. The van der Waals surface area contributed by atoms with Crippen LogP contribution in [-0.4, -0.2) is 23.6 Å². The number of rotatable bonds is 1. The second-order valence-electron chi connectivity index (χ2n) is 2.71. The van der Waals surface area contributed by atoms with Gasteiger partial charge < -0.3 is 5.11 Å². The second-order valence-corrected chi connectivity index (χ2v) is 2.71. The lowest BCUT2D eigenvalue weighted by Crippen LogP contribution is -1.86. The minimum absolute atomic E-state index is 0.813. The Bertz CT molecular complexity index is 241. The molecule has 0 radical (unpaired) electrons. The molecule has 0 saturated heterocycles. The second kappa shape index (κ2) is 20.5. The van der Waals surface area contributed by atoms with Gasteiger partial charge in [0.2, 0.25) is 0 Å². The Morgan fingerprint density at radius 1 is 0.882 bits per heavy atom. The van der Waals surface area contributed by atoms with E-state index >= 15 is 0 Å². The van der Waals surface area contributed by atoms with E-state index in [0.717, 1.165) is 5.57 Å². The molecule has 0 amide bonds. The standard InChI is InChI=1S/C6H6.C5H8O2.2CH4S/c1-2-4-6-5-3-1;1-4(2)3-5(6)7;2*1-2/h1-6H;3H,1-2H3,(H,6,7);2*2H,1H3. The van der Waals surface area contributed by atoms with E-state index in [9.17, 15) is 4.79 Å². The van der Waals surface area contributed by atoms with Gasteiger partial charge in [-0.15, -0.1) is 0 Å². The van der Waals surface area contributed by atoms with Crippen LogP contribution >= 0.6 is 25.3 Å². The molecule has 0 aliphatic rings. The van der Waals surface area contributed by atoms with Gasteiger partial charge in [-0.2, -0.15) is 25.3 Å². The van der Waals surface area contributed by atoms with Crippen molar-refractivity contribution in [3.8, 4) is 0 Å². The average Bonchev–Trinajstić information content (AvgIpc) is 2.35. The van der Waals surface area contributed by atoms with Crippen LogP contribution in [0.4, 0.5) is 0 Å². The lowest BCUT2D eigenvalue weighted by atomic mass is 10.3. The molecule has 0 saturated carbocycles. The van der Waals surface area contributed by atoms with Gasteiger partial charge in [0.25, 0.3) is 0 Å². The van der Waals surface area contributed by atoms with Gasteiger partial charge in [0.15, 0.2) is 0 Å². The molecule has 1 N–H and O–H groups in total. The van der Waals surface area contributed by atoms with Gasteiger partial charge in [0.1, 0.15) is 0 Å². The molecule has 1 rings (SSSR count). The van der Waals surface area contributed by atoms with E-state index in [2.05, 4.69) is 25.3 Å². The number of thiol groups is 2. The fourth-order valence-corrected chi connectivity index (χ4v) is 0.632. The zero-order valence-corrected chi connectivity index (χ0v) is 12.6. The summed E-state index contributed by atoms with van der Waals surface area (Å²) in [6.45, 7) is 3.49. The Balaban J connectivity index is -0.000000179. The number of benzene rings is 1. The molecule has 17 heavy (non-hydrogen) atoms. The van der Waals surface area contributed by atoms with Gasteiger partial charge in [-0.25, -0.2) is 4.79 Å². The summed E-state index contributed by atoms with van der Waals surface area (Å²) >= 11 is 7.06.